The Kier molecular flexibility index (Phi) is 9.48. The molecular formula is C32H32F6O2. The van der Waals surface area contributed by atoms with Crippen molar-refractivity contribution in [1.82, 2.24) is 0 Å². The second kappa shape index (κ2) is 12.8. The van der Waals surface area contributed by atoms with Crippen molar-refractivity contribution in [3.8, 4) is 33.8 Å². The van der Waals surface area contributed by atoms with Gasteiger partial charge in [0.15, 0.2) is 29.7 Å². The molecule has 3 aromatic rings. The summed E-state index contributed by atoms with van der Waals surface area (Å²) in [5.41, 5.74) is 0.438. The molecule has 0 spiro atoms. The molecule has 1 saturated carbocycles. The molecule has 0 radical (unpaired) electrons. The Balaban J connectivity index is 1.42. The summed E-state index contributed by atoms with van der Waals surface area (Å²) in [4.78, 5) is 0. The van der Waals surface area contributed by atoms with Gasteiger partial charge in [0.2, 0.25) is 11.6 Å². The summed E-state index contributed by atoms with van der Waals surface area (Å²) in [6.45, 7) is 2.73. The monoisotopic (exact) mass is 562 g/mol. The third kappa shape index (κ3) is 6.83. The Morgan fingerprint density at radius 1 is 0.725 bits per heavy atom. The van der Waals surface area contributed by atoms with Crippen LogP contribution in [0.15, 0.2) is 60.7 Å². The van der Waals surface area contributed by atoms with Gasteiger partial charge >= 0.3 is 0 Å². The van der Waals surface area contributed by atoms with Gasteiger partial charge in [0.25, 0.3) is 5.92 Å². The van der Waals surface area contributed by atoms with Crippen LogP contribution < -0.4 is 9.47 Å². The number of rotatable bonds is 10. The number of alkyl halides is 2. The van der Waals surface area contributed by atoms with E-state index in [-0.39, 0.29) is 41.4 Å². The fraction of sp³-hybridized carbons (Fsp3) is 0.375. The van der Waals surface area contributed by atoms with Crippen LogP contribution in [-0.4, -0.2) is 19.1 Å². The predicted octanol–water partition coefficient (Wildman–Crippen LogP) is 9.76. The molecule has 1 fully saturated rings. The van der Waals surface area contributed by atoms with Crippen molar-refractivity contribution in [3.05, 3.63) is 84.0 Å². The van der Waals surface area contributed by atoms with Gasteiger partial charge in [-0.25, -0.2) is 17.6 Å². The van der Waals surface area contributed by atoms with Gasteiger partial charge in [0.05, 0.1) is 6.61 Å². The van der Waals surface area contributed by atoms with Crippen molar-refractivity contribution in [2.24, 2.45) is 11.8 Å². The lowest BCUT2D eigenvalue weighted by Gasteiger charge is -2.29. The van der Waals surface area contributed by atoms with Gasteiger partial charge in [-0.05, 0) is 86.8 Å². The molecule has 0 saturated heterocycles. The average molecular weight is 563 g/mol. The van der Waals surface area contributed by atoms with Crippen molar-refractivity contribution in [1.29, 1.82) is 0 Å². The van der Waals surface area contributed by atoms with E-state index < -0.39 is 41.5 Å². The minimum atomic E-state index is -3.18. The fourth-order valence-corrected chi connectivity index (χ4v) is 5.24. The van der Waals surface area contributed by atoms with Gasteiger partial charge in [0.1, 0.15) is 0 Å². The van der Waals surface area contributed by atoms with Crippen LogP contribution >= 0.6 is 0 Å². The molecule has 0 aliphatic heterocycles. The van der Waals surface area contributed by atoms with Gasteiger partial charge in [-0.15, -0.1) is 0 Å². The highest BCUT2D eigenvalue weighted by atomic mass is 19.3. The van der Waals surface area contributed by atoms with Crippen molar-refractivity contribution in [2.75, 3.05) is 13.2 Å². The average Bonchev–Trinajstić information content (AvgIpc) is 2.94. The summed E-state index contributed by atoms with van der Waals surface area (Å²) in [6, 6.07) is 10.8. The molecule has 0 atom stereocenters. The Labute approximate surface area is 230 Å². The quantitative estimate of drug-likeness (QED) is 0.181. The Bertz CT molecular complexity index is 1330. The topological polar surface area (TPSA) is 18.5 Å². The third-order valence-electron chi connectivity index (χ3n) is 7.28. The first kappa shape index (κ1) is 29.6. The summed E-state index contributed by atoms with van der Waals surface area (Å²) in [7, 11) is 0. The maximum atomic E-state index is 14.9. The number of halogens is 6. The number of ether oxygens (including phenoxy) is 2. The van der Waals surface area contributed by atoms with Gasteiger partial charge in [-0.1, -0.05) is 36.4 Å². The van der Waals surface area contributed by atoms with Crippen LogP contribution in [0.4, 0.5) is 26.3 Å². The molecule has 2 nitrogen and oxygen atoms in total. The van der Waals surface area contributed by atoms with Crippen molar-refractivity contribution in [2.45, 2.75) is 51.9 Å². The van der Waals surface area contributed by atoms with Crippen molar-refractivity contribution < 1.29 is 35.8 Å². The lowest BCUT2D eigenvalue weighted by Crippen LogP contribution is -2.30. The van der Waals surface area contributed by atoms with Crippen LogP contribution in [0, 0.1) is 35.1 Å². The smallest absolute Gasteiger partial charge is 0.281 e. The lowest BCUT2D eigenvalue weighted by molar-refractivity contribution is -0.0644. The molecule has 0 amide bonds. The predicted molar refractivity (Wildman–Crippen MR) is 144 cm³/mol. The summed E-state index contributed by atoms with van der Waals surface area (Å²) >= 11 is 0. The van der Waals surface area contributed by atoms with Gasteiger partial charge in [-0.3, -0.25) is 0 Å². The van der Waals surface area contributed by atoms with E-state index in [0.29, 0.717) is 24.3 Å². The first-order valence-corrected chi connectivity index (χ1v) is 13.5. The van der Waals surface area contributed by atoms with E-state index in [4.69, 9.17) is 9.47 Å². The molecule has 3 aromatic carbocycles. The molecular weight excluding hydrogens is 530 g/mol. The third-order valence-corrected chi connectivity index (χ3v) is 7.28. The SMILES string of the molecule is CC=CC1CCC(CC(F)(F)COc2ccc(-c3ccc(-c4ccc(OCC)c(F)c4F)cc3)c(F)c2F)CC1. The summed E-state index contributed by atoms with van der Waals surface area (Å²) in [6.07, 6.45) is 6.84. The van der Waals surface area contributed by atoms with Gasteiger partial charge in [0, 0.05) is 17.5 Å². The second-order valence-corrected chi connectivity index (χ2v) is 10.1. The van der Waals surface area contributed by atoms with Crippen molar-refractivity contribution in [3.63, 3.8) is 0 Å². The van der Waals surface area contributed by atoms with Crippen LogP contribution in [0.2, 0.25) is 0 Å². The van der Waals surface area contributed by atoms with E-state index in [9.17, 15) is 26.3 Å². The molecule has 0 bridgehead atoms. The molecule has 0 N–H and O–H groups in total. The van der Waals surface area contributed by atoms with E-state index in [1.165, 1.54) is 42.5 Å². The standard InChI is InChI=1S/C32H32F6O2/c1-3-5-20-6-8-21(9-7-20)18-32(37,38)19-40-27-17-15-25(29(34)31(27)36)23-12-10-22(11-13-23)24-14-16-26(39-4-2)30(35)28(24)33/h3,5,10-17,20-21H,4,6-9,18-19H2,1-2H3. The van der Waals surface area contributed by atoms with E-state index in [0.717, 1.165) is 18.9 Å². The van der Waals surface area contributed by atoms with Gasteiger partial charge < -0.3 is 9.47 Å². The Hall–Kier alpha value is -3.42. The highest BCUT2D eigenvalue weighted by molar-refractivity contribution is 5.72. The van der Waals surface area contributed by atoms with E-state index in [1.807, 2.05) is 13.0 Å². The number of hydrogen-bond donors (Lipinski definition) is 0. The van der Waals surface area contributed by atoms with E-state index >= 15 is 0 Å². The zero-order valence-corrected chi connectivity index (χ0v) is 22.5. The molecule has 0 heterocycles. The lowest BCUT2D eigenvalue weighted by atomic mass is 9.79. The highest BCUT2D eigenvalue weighted by Gasteiger charge is 2.35. The molecule has 1 aliphatic carbocycles. The zero-order valence-electron chi connectivity index (χ0n) is 22.5. The van der Waals surface area contributed by atoms with Crippen LogP contribution in [0.3, 0.4) is 0 Å². The van der Waals surface area contributed by atoms with Gasteiger partial charge in [-0.2, -0.15) is 8.78 Å². The van der Waals surface area contributed by atoms with Crippen LogP contribution in [0.1, 0.15) is 46.0 Å². The maximum Gasteiger partial charge on any atom is 0.281 e. The Morgan fingerprint density at radius 3 is 1.70 bits per heavy atom. The van der Waals surface area contributed by atoms with E-state index in [1.54, 1.807) is 6.92 Å². The molecule has 40 heavy (non-hydrogen) atoms. The first-order valence-electron chi connectivity index (χ1n) is 13.5. The summed E-state index contributed by atoms with van der Waals surface area (Å²) < 4.78 is 97.8. The number of benzene rings is 3. The number of allylic oxidation sites excluding steroid dienone is 2. The second-order valence-electron chi connectivity index (χ2n) is 10.1. The zero-order chi connectivity index (χ0) is 28.9. The molecule has 0 unspecified atom stereocenters. The van der Waals surface area contributed by atoms with Crippen LogP contribution in [-0.2, 0) is 0 Å². The largest absolute Gasteiger partial charge is 0.491 e. The highest BCUT2D eigenvalue weighted by Crippen LogP contribution is 2.38. The summed E-state index contributed by atoms with van der Waals surface area (Å²) in [5, 5.41) is 0. The molecule has 214 valence electrons. The fourth-order valence-electron chi connectivity index (χ4n) is 5.24. The first-order chi connectivity index (χ1) is 19.1. The number of hydrogen-bond acceptors (Lipinski definition) is 2. The molecule has 8 heteroatoms. The van der Waals surface area contributed by atoms with Crippen LogP contribution in [0.25, 0.3) is 22.3 Å². The summed E-state index contributed by atoms with van der Waals surface area (Å²) in [5.74, 6) is -8.52. The van der Waals surface area contributed by atoms with E-state index in [2.05, 4.69) is 6.08 Å². The molecule has 4 rings (SSSR count). The normalized spacial score (nSPS) is 17.8. The van der Waals surface area contributed by atoms with Crippen molar-refractivity contribution >= 4 is 0 Å². The Morgan fingerprint density at radius 2 is 1.23 bits per heavy atom. The minimum Gasteiger partial charge on any atom is -0.491 e. The molecule has 0 aromatic heterocycles. The minimum absolute atomic E-state index is 0.0188. The van der Waals surface area contributed by atoms with Crippen LogP contribution in [0.5, 0.6) is 11.5 Å². The molecule has 1 aliphatic rings. The maximum absolute atomic E-state index is 14.9.